The summed E-state index contributed by atoms with van der Waals surface area (Å²) in [5.74, 6) is -0.990. The van der Waals surface area contributed by atoms with E-state index >= 15 is 0 Å². The number of carboxylic acids is 1. The largest absolute Gasteiger partial charge is 0.478 e. The first-order chi connectivity index (χ1) is 9.15. The number of fused-ring (bicyclic) bond motifs is 1. The molecule has 19 heavy (non-hydrogen) atoms. The lowest BCUT2D eigenvalue weighted by Crippen LogP contribution is -2.09. The lowest BCUT2D eigenvalue weighted by atomic mass is 10.1. The fraction of sp³-hybridized carbons (Fsp3) is 0.286. The lowest BCUT2D eigenvalue weighted by molar-refractivity contribution is 0.0697. The Kier molecular flexibility index (Phi) is 3.85. The van der Waals surface area contributed by atoms with E-state index in [1.54, 1.807) is 12.1 Å². The van der Waals surface area contributed by atoms with E-state index in [-0.39, 0.29) is 5.56 Å². The van der Waals surface area contributed by atoms with Gasteiger partial charge in [-0.05, 0) is 12.5 Å². The molecule has 1 heterocycles. The summed E-state index contributed by atoms with van der Waals surface area (Å²) in [4.78, 5) is 15.4. The van der Waals surface area contributed by atoms with Crippen molar-refractivity contribution < 1.29 is 9.90 Å². The van der Waals surface area contributed by atoms with E-state index in [0.29, 0.717) is 16.9 Å². The second kappa shape index (κ2) is 5.56. The Balaban J connectivity index is 2.56. The third-order valence-electron chi connectivity index (χ3n) is 2.99. The van der Waals surface area contributed by atoms with Crippen LogP contribution in [0.15, 0.2) is 24.4 Å². The molecule has 0 saturated carbocycles. The molecular formula is C14H17N3O2. The van der Waals surface area contributed by atoms with Crippen molar-refractivity contribution in [1.29, 1.82) is 0 Å². The smallest absolute Gasteiger partial charge is 0.339 e. The molecule has 1 aromatic heterocycles. The lowest BCUT2D eigenvalue weighted by Gasteiger charge is -2.13. The number of aromatic carboxylic acids is 1. The quantitative estimate of drug-likeness (QED) is 0.567. The van der Waals surface area contributed by atoms with Crippen molar-refractivity contribution in [3.8, 4) is 0 Å². The van der Waals surface area contributed by atoms with Crippen LogP contribution in [0.25, 0.3) is 10.9 Å². The van der Waals surface area contributed by atoms with Crippen LogP contribution in [0.3, 0.4) is 0 Å². The van der Waals surface area contributed by atoms with Gasteiger partial charge in [0.1, 0.15) is 5.56 Å². The molecular weight excluding hydrogens is 242 g/mol. The van der Waals surface area contributed by atoms with Crippen molar-refractivity contribution in [3.63, 3.8) is 0 Å². The average Bonchev–Trinajstić information content (AvgIpc) is 2.39. The molecule has 100 valence electrons. The highest BCUT2D eigenvalue weighted by Gasteiger charge is 2.15. The molecule has 0 aliphatic carbocycles. The van der Waals surface area contributed by atoms with Crippen LogP contribution in [0.2, 0.25) is 0 Å². The van der Waals surface area contributed by atoms with Crippen molar-refractivity contribution in [1.82, 2.24) is 4.98 Å². The number of carboxylic acid groups (broad SMARTS) is 1. The Hall–Kier alpha value is -2.30. The van der Waals surface area contributed by atoms with Crippen LogP contribution in [0.4, 0.5) is 11.4 Å². The summed E-state index contributed by atoms with van der Waals surface area (Å²) < 4.78 is 0. The van der Waals surface area contributed by atoms with Crippen molar-refractivity contribution in [3.05, 3.63) is 30.0 Å². The zero-order valence-electron chi connectivity index (χ0n) is 10.8. The molecule has 0 radical (unpaired) electrons. The van der Waals surface area contributed by atoms with Gasteiger partial charge in [-0.25, -0.2) is 4.79 Å². The van der Waals surface area contributed by atoms with Gasteiger partial charge in [-0.1, -0.05) is 25.5 Å². The number of para-hydroxylation sites is 1. The average molecular weight is 259 g/mol. The van der Waals surface area contributed by atoms with E-state index in [2.05, 4.69) is 17.2 Å². The van der Waals surface area contributed by atoms with Gasteiger partial charge in [-0.2, -0.15) is 0 Å². The highest BCUT2D eigenvalue weighted by molar-refractivity contribution is 6.06. The highest BCUT2D eigenvalue weighted by Crippen LogP contribution is 2.29. The van der Waals surface area contributed by atoms with Gasteiger partial charge in [0.25, 0.3) is 0 Å². The molecule has 2 rings (SSSR count). The molecule has 1 aromatic carbocycles. The van der Waals surface area contributed by atoms with Gasteiger partial charge >= 0.3 is 5.97 Å². The van der Waals surface area contributed by atoms with Crippen LogP contribution in [-0.4, -0.2) is 22.6 Å². The van der Waals surface area contributed by atoms with Crippen LogP contribution in [0.5, 0.6) is 0 Å². The van der Waals surface area contributed by atoms with Gasteiger partial charge in [0.05, 0.1) is 16.9 Å². The summed E-state index contributed by atoms with van der Waals surface area (Å²) in [6.45, 7) is 2.81. The summed E-state index contributed by atoms with van der Waals surface area (Å²) in [5.41, 5.74) is 7.82. The van der Waals surface area contributed by atoms with Gasteiger partial charge in [0.2, 0.25) is 0 Å². The number of hydrogen-bond acceptors (Lipinski definition) is 4. The van der Waals surface area contributed by atoms with E-state index in [9.17, 15) is 9.90 Å². The highest BCUT2D eigenvalue weighted by atomic mass is 16.4. The third-order valence-corrected chi connectivity index (χ3v) is 2.99. The van der Waals surface area contributed by atoms with Crippen LogP contribution in [0, 0.1) is 0 Å². The molecule has 0 aliphatic rings. The first kappa shape index (κ1) is 13.1. The number of aromatic nitrogens is 1. The Bertz CT molecular complexity index is 611. The van der Waals surface area contributed by atoms with E-state index < -0.39 is 5.97 Å². The zero-order chi connectivity index (χ0) is 13.8. The van der Waals surface area contributed by atoms with Gasteiger partial charge in [-0.3, -0.25) is 4.98 Å². The number of benzene rings is 1. The molecule has 0 bridgehead atoms. The molecule has 0 aliphatic heterocycles. The fourth-order valence-electron chi connectivity index (χ4n) is 1.99. The predicted octanol–water partition coefficient (Wildman–Crippen LogP) is 2.73. The predicted molar refractivity (Wildman–Crippen MR) is 76.5 cm³/mol. The Morgan fingerprint density at radius 3 is 2.95 bits per heavy atom. The standard InChI is InChI=1S/C14H17N3O2/c1-2-3-7-16-12-9-5-4-6-11(15)13(9)17-8-10(12)14(18)19/h4-6,8H,2-3,7,15H2,1H3,(H,16,17)(H,18,19). The summed E-state index contributed by atoms with van der Waals surface area (Å²) in [7, 11) is 0. The van der Waals surface area contributed by atoms with E-state index in [1.165, 1.54) is 6.20 Å². The minimum atomic E-state index is -0.990. The number of unbranched alkanes of at least 4 members (excludes halogenated alkanes) is 1. The molecule has 0 spiro atoms. The number of nitrogens with two attached hydrogens (primary N) is 1. The number of rotatable bonds is 5. The molecule has 4 N–H and O–H groups in total. The van der Waals surface area contributed by atoms with Crippen molar-refractivity contribution in [2.75, 3.05) is 17.6 Å². The van der Waals surface area contributed by atoms with E-state index in [0.717, 1.165) is 24.8 Å². The first-order valence-corrected chi connectivity index (χ1v) is 6.29. The van der Waals surface area contributed by atoms with Crippen LogP contribution in [0.1, 0.15) is 30.1 Å². The maximum atomic E-state index is 11.3. The molecule has 0 saturated heterocycles. The Morgan fingerprint density at radius 2 is 2.26 bits per heavy atom. The molecule has 5 heteroatoms. The SMILES string of the molecule is CCCCNc1c(C(=O)O)cnc2c(N)cccc12. The van der Waals surface area contributed by atoms with Gasteiger partial charge in [-0.15, -0.1) is 0 Å². The second-order valence-electron chi connectivity index (χ2n) is 4.38. The zero-order valence-corrected chi connectivity index (χ0v) is 10.8. The fourth-order valence-corrected chi connectivity index (χ4v) is 1.99. The molecule has 0 atom stereocenters. The Morgan fingerprint density at radius 1 is 1.47 bits per heavy atom. The van der Waals surface area contributed by atoms with Gasteiger partial charge < -0.3 is 16.2 Å². The number of anilines is 2. The van der Waals surface area contributed by atoms with Crippen LogP contribution >= 0.6 is 0 Å². The summed E-state index contributed by atoms with van der Waals surface area (Å²) in [5, 5.41) is 13.2. The summed E-state index contributed by atoms with van der Waals surface area (Å²) in [6, 6.07) is 5.39. The van der Waals surface area contributed by atoms with E-state index in [1.807, 2.05) is 6.07 Å². The number of nitrogens with one attached hydrogen (secondary N) is 1. The van der Waals surface area contributed by atoms with Gasteiger partial charge in [0.15, 0.2) is 0 Å². The number of carbonyl (C=O) groups is 1. The number of pyridine rings is 1. The van der Waals surface area contributed by atoms with Crippen LogP contribution in [-0.2, 0) is 0 Å². The first-order valence-electron chi connectivity index (χ1n) is 6.29. The minimum Gasteiger partial charge on any atom is -0.478 e. The summed E-state index contributed by atoms with van der Waals surface area (Å²) in [6.07, 6.45) is 3.38. The molecule has 0 unspecified atom stereocenters. The van der Waals surface area contributed by atoms with Crippen molar-refractivity contribution in [2.24, 2.45) is 0 Å². The van der Waals surface area contributed by atoms with E-state index in [4.69, 9.17) is 5.73 Å². The number of nitrogen functional groups attached to an aromatic ring is 1. The molecule has 2 aromatic rings. The summed E-state index contributed by atoms with van der Waals surface area (Å²) >= 11 is 0. The van der Waals surface area contributed by atoms with Crippen LogP contribution < -0.4 is 11.1 Å². The topological polar surface area (TPSA) is 88.2 Å². The third kappa shape index (κ3) is 2.59. The molecule has 5 nitrogen and oxygen atoms in total. The number of nitrogens with zero attached hydrogens (tertiary/aromatic N) is 1. The normalized spacial score (nSPS) is 10.6. The minimum absolute atomic E-state index is 0.175. The number of hydrogen-bond donors (Lipinski definition) is 3. The van der Waals surface area contributed by atoms with Gasteiger partial charge in [0, 0.05) is 18.1 Å². The maximum absolute atomic E-state index is 11.3. The maximum Gasteiger partial charge on any atom is 0.339 e. The second-order valence-corrected chi connectivity index (χ2v) is 4.38. The Labute approximate surface area is 111 Å². The molecule has 0 amide bonds. The van der Waals surface area contributed by atoms with Crippen molar-refractivity contribution >= 4 is 28.2 Å². The monoisotopic (exact) mass is 259 g/mol. The molecule has 0 fully saturated rings. The van der Waals surface area contributed by atoms with Crippen molar-refractivity contribution in [2.45, 2.75) is 19.8 Å².